The van der Waals surface area contributed by atoms with E-state index >= 15 is 0 Å². The molecule has 0 fully saturated rings. The predicted molar refractivity (Wildman–Crippen MR) is 45.3 cm³/mol. The molecule has 0 aliphatic heterocycles. The van der Waals surface area contributed by atoms with E-state index in [1.807, 2.05) is 0 Å². The monoisotopic (exact) mass is 184 g/mol. The maximum absolute atomic E-state index is 10.8. The summed E-state index contributed by atoms with van der Waals surface area (Å²) in [6.07, 6.45) is 5.42. The maximum Gasteiger partial charge on any atom is 0.324 e. The van der Waals surface area contributed by atoms with Gasteiger partial charge in [0.05, 0.1) is 0 Å². The predicted octanol–water partition coefficient (Wildman–Crippen LogP) is 1.27. The molecule has 4 heteroatoms. The van der Waals surface area contributed by atoms with Crippen LogP contribution >= 0.6 is 0 Å². The standard InChI is InChI=1S/C9H12O4/c10-7(11)9(8(12)13)5-3-1-2-4-6-9/h3,5H,1-2,4,6H2,(H,10,11)(H,12,13). The molecule has 13 heavy (non-hydrogen) atoms. The Balaban J connectivity index is 3.00. The van der Waals surface area contributed by atoms with E-state index in [1.165, 1.54) is 6.08 Å². The minimum atomic E-state index is -1.68. The first-order valence-electron chi connectivity index (χ1n) is 4.24. The zero-order valence-electron chi connectivity index (χ0n) is 7.19. The van der Waals surface area contributed by atoms with Crippen molar-refractivity contribution in [2.24, 2.45) is 5.41 Å². The maximum atomic E-state index is 10.8. The number of hydrogen-bond donors (Lipinski definition) is 2. The highest BCUT2D eigenvalue weighted by atomic mass is 16.4. The Kier molecular flexibility index (Phi) is 2.70. The quantitative estimate of drug-likeness (QED) is 0.500. The van der Waals surface area contributed by atoms with Gasteiger partial charge in [0.15, 0.2) is 5.41 Å². The van der Waals surface area contributed by atoms with Crippen molar-refractivity contribution in [3.05, 3.63) is 12.2 Å². The van der Waals surface area contributed by atoms with Gasteiger partial charge in [0.25, 0.3) is 0 Å². The summed E-state index contributed by atoms with van der Waals surface area (Å²) in [5, 5.41) is 17.7. The van der Waals surface area contributed by atoms with Crippen molar-refractivity contribution in [3.63, 3.8) is 0 Å². The summed E-state index contributed by atoms with van der Waals surface area (Å²) in [6.45, 7) is 0. The summed E-state index contributed by atoms with van der Waals surface area (Å²) in [5.74, 6) is -2.53. The Morgan fingerprint density at radius 2 is 1.77 bits per heavy atom. The van der Waals surface area contributed by atoms with Crippen LogP contribution in [0, 0.1) is 5.41 Å². The lowest BCUT2D eigenvalue weighted by atomic mass is 9.84. The van der Waals surface area contributed by atoms with Crippen LogP contribution in [-0.4, -0.2) is 22.2 Å². The second-order valence-electron chi connectivity index (χ2n) is 3.23. The highest BCUT2D eigenvalue weighted by Gasteiger charge is 2.43. The number of carboxylic acid groups (broad SMARTS) is 2. The first kappa shape index (κ1) is 9.77. The third-order valence-corrected chi connectivity index (χ3v) is 2.36. The highest BCUT2D eigenvalue weighted by molar-refractivity contribution is 6.00. The minimum absolute atomic E-state index is 0.189. The molecular weight excluding hydrogens is 172 g/mol. The zero-order valence-corrected chi connectivity index (χ0v) is 7.19. The molecule has 2 N–H and O–H groups in total. The fraction of sp³-hybridized carbons (Fsp3) is 0.556. The van der Waals surface area contributed by atoms with Crippen LogP contribution in [0.4, 0.5) is 0 Å². The largest absolute Gasteiger partial charge is 0.480 e. The first-order valence-corrected chi connectivity index (χ1v) is 4.24. The van der Waals surface area contributed by atoms with Gasteiger partial charge in [-0.25, -0.2) is 0 Å². The van der Waals surface area contributed by atoms with Gasteiger partial charge in [0.1, 0.15) is 0 Å². The van der Waals surface area contributed by atoms with E-state index in [4.69, 9.17) is 10.2 Å². The molecule has 0 radical (unpaired) electrons. The zero-order chi connectivity index (χ0) is 9.90. The minimum Gasteiger partial charge on any atom is -0.480 e. The molecule has 0 aromatic rings. The van der Waals surface area contributed by atoms with Crippen LogP contribution in [0.2, 0.25) is 0 Å². The molecule has 0 amide bonds. The van der Waals surface area contributed by atoms with Crippen LogP contribution in [0.25, 0.3) is 0 Å². The van der Waals surface area contributed by atoms with Crippen molar-refractivity contribution < 1.29 is 19.8 Å². The van der Waals surface area contributed by atoms with E-state index < -0.39 is 17.4 Å². The summed E-state index contributed by atoms with van der Waals surface area (Å²) in [4.78, 5) is 21.7. The fourth-order valence-corrected chi connectivity index (χ4v) is 1.48. The summed E-state index contributed by atoms with van der Waals surface area (Å²) in [7, 11) is 0. The molecule has 0 spiro atoms. The molecule has 0 bridgehead atoms. The van der Waals surface area contributed by atoms with E-state index in [0.717, 1.165) is 12.8 Å². The van der Waals surface area contributed by atoms with Crippen LogP contribution in [0.1, 0.15) is 25.7 Å². The van der Waals surface area contributed by atoms with Crippen LogP contribution in [0.3, 0.4) is 0 Å². The number of hydrogen-bond acceptors (Lipinski definition) is 2. The van der Waals surface area contributed by atoms with Gasteiger partial charge in [-0.05, 0) is 19.3 Å². The third kappa shape index (κ3) is 1.71. The van der Waals surface area contributed by atoms with Gasteiger partial charge in [0, 0.05) is 0 Å². The van der Waals surface area contributed by atoms with Crippen LogP contribution < -0.4 is 0 Å². The van der Waals surface area contributed by atoms with E-state index in [2.05, 4.69) is 0 Å². The van der Waals surface area contributed by atoms with Crippen molar-refractivity contribution in [2.45, 2.75) is 25.7 Å². The molecule has 0 saturated heterocycles. The van der Waals surface area contributed by atoms with Gasteiger partial charge in [-0.2, -0.15) is 0 Å². The molecule has 0 unspecified atom stereocenters. The summed E-state index contributed by atoms with van der Waals surface area (Å²) >= 11 is 0. The second-order valence-corrected chi connectivity index (χ2v) is 3.23. The van der Waals surface area contributed by atoms with E-state index in [9.17, 15) is 9.59 Å². The Hall–Kier alpha value is -1.32. The molecule has 0 aromatic heterocycles. The average Bonchev–Trinajstić information content (AvgIpc) is 2.28. The summed E-state index contributed by atoms with van der Waals surface area (Å²) in [5.41, 5.74) is -1.68. The SMILES string of the molecule is O=C(O)C1(C(=O)O)C=CCCCC1. The van der Waals surface area contributed by atoms with Crippen LogP contribution in [-0.2, 0) is 9.59 Å². The second kappa shape index (κ2) is 3.60. The van der Waals surface area contributed by atoms with E-state index in [1.54, 1.807) is 6.08 Å². The van der Waals surface area contributed by atoms with Crippen molar-refractivity contribution in [1.29, 1.82) is 0 Å². The van der Waals surface area contributed by atoms with Gasteiger partial charge in [-0.15, -0.1) is 0 Å². The number of aliphatic carboxylic acids is 2. The Morgan fingerprint density at radius 1 is 1.15 bits per heavy atom. The number of carbonyl (C=O) groups is 2. The molecule has 1 rings (SSSR count). The number of rotatable bonds is 2. The average molecular weight is 184 g/mol. The first-order chi connectivity index (χ1) is 6.09. The highest BCUT2D eigenvalue weighted by Crippen LogP contribution is 2.30. The molecule has 1 aliphatic rings. The Morgan fingerprint density at radius 3 is 2.31 bits per heavy atom. The van der Waals surface area contributed by atoms with Gasteiger partial charge in [-0.1, -0.05) is 18.6 Å². The molecule has 4 nitrogen and oxygen atoms in total. The topological polar surface area (TPSA) is 74.6 Å². The molecule has 0 aromatic carbocycles. The lowest BCUT2D eigenvalue weighted by Crippen LogP contribution is -2.37. The number of carboxylic acids is 2. The normalized spacial score (nSPS) is 20.6. The van der Waals surface area contributed by atoms with Crippen LogP contribution in [0.5, 0.6) is 0 Å². The van der Waals surface area contributed by atoms with Gasteiger partial charge < -0.3 is 10.2 Å². The van der Waals surface area contributed by atoms with Crippen molar-refractivity contribution in [2.75, 3.05) is 0 Å². The van der Waals surface area contributed by atoms with Gasteiger partial charge in [0.2, 0.25) is 0 Å². The van der Waals surface area contributed by atoms with Crippen molar-refractivity contribution in [3.8, 4) is 0 Å². The smallest absolute Gasteiger partial charge is 0.324 e. The van der Waals surface area contributed by atoms with Crippen molar-refractivity contribution >= 4 is 11.9 Å². The molecule has 0 heterocycles. The molecule has 0 saturated carbocycles. The summed E-state index contributed by atoms with van der Waals surface area (Å²) < 4.78 is 0. The van der Waals surface area contributed by atoms with E-state index in [-0.39, 0.29) is 6.42 Å². The van der Waals surface area contributed by atoms with E-state index in [0.29, 0.717) is 6.42 Å². The van der Waals surface area contributed by atoms with Crippen molar-refractivity contribution in [1.82, 2.24) is 0 Å². The molecular formula is C9H12O4. The lowest BCUT2D eigenvalue weighted by Gasteiger charge is -2.19. The molecule has 1 aliphatic carbocycles. The fourth-order valence-electron chi connectivity index (χ4n) is 1.48. The lowest BCUT2D eigenvalue weighted by molar-refractivity contribution is -0.161. The third-order valence-electron chi connectivity index (χ3n) is 2.36. The molecule has 72 valence electrons. The molecule has 0 atom stereocenters. The Labute approximate surface area is 75.9 Å². The Bertz CT molecular complexity index is 240. The van der Waals surface area contributed by atoms with Gasteiger partial charge in [-0.3, -0.25) is 9.59 Å². The van der Waals surface area contributed by atoms with Gasteiger partial charge >= 0.3 is 11.9 Å². The summed E-state index contributed by atoms with van der Waals surface area (Å²) in [6, 6.07) is 0. The number of allylic oxidation sites excluding steroid dienone is 1. The van der Waals surface area contributed by atoms with Crippen LogP contribution in [0.15, 0.2) is 12.2 Å².